The minimum absolute atomic E-state index is 0.135. The number of fused-ring (bicyclic) bond motifs is 12. The zero-order valence-electron chi connectivity index (χ0n) is 25.8. The number of nitrogens with one attached hydrogen (secondary N) is 1. The molecule has 2 aromatic heterocycles. The highest BCUT2D eigenvalue weighted by molar-refractivity contribution is 7.25. The second-order valence-electron chi connectivity index (χ2n) is 13.5. The molecule has 2 aliphatic carbocycles. The smallest absolute Gasteiger partial charge is 0.198 e. The molecule has 48 heavy (non-hydrogen) atoms. The van der Waals surface area contributed by atoms with Crippen LogP contribution in [0.3, 0.4) is 0 Å². The van der Waals surface area contributed by atoms with E-state index in [4.69, 9.17) is 4.99 Å². The standard InChI is InChI=1S/C43H27N3S2/c1-4-12-28-24(9-1)17-19-30-33-22-25-10-2-3-11-27(25)34-23-43(33,34)46(40(28)30)42-44-38(41-39(45-42)31-14-6-8-16-36(31)48-41)26-18-20-37-32(21-26)29-13-5-7-15-35(29)47-37/h1-22,34,42,45H,23H2. The van der Waals surface area contributed by atoms with Crippen molar-refractivity contribution < 1.29 is 0 Å². The Bertz CT molecular complexity index is 2780. The van der Waals surface area contributed by atoms with Crippen molar-refractivity contribution in [3.05, 3.63) is 155 Å². The summed E-state index contributed by atoms with van der Waals surface area (Å²) in [5, 5.41) is 10.5. The van der Waals surface area contributed by atoms with Crippen LogP contribution in [0.4, 0.5) is 11.4 Å². The average Bonchev–Trinajstić information content (AvgIpc) is 3.47. The maximum Gasteiger partial charge on any atom is 0.198 e. The van der Waals surface area contributed by atoms with Crippen molar-refractivity contribution in [2.24, 2.45) is 4.99 Å². The number of thiophene rings is 2. The van der Waals surface area contributed by atoms with Crippen molar-refractivity contribution in [3.8, 4) is 0 Å². The quantitative estimate of drug-likeness (QED) is 0.202. The second kappa shape index (κ2) is 9.01. The Morgan fingerprint density at radius 3 is 2.35 bits per heavy atom. The van der Waals surface area contributed by atoms with Crippen molar-refractivity contribution in [1.82, 2.24) is 0 Å². The fourth-order valence-electron chi connectivity index (χ4n) is 9.04. The summed E-state index contributed by atoms with van der Waals surface area (Å²) >= 11 is 3.72. The first-order chi connectivity index (χ1) is 23.8. The van der Waals surface area contributed by atoms with E-state index in [1.807, 2.05) is 22.7 Å². The van der Waals surface area contributed by atoms with Gasteiger partial charge in [-0.15, -0.1) is 22.7 Å². The van der Waals surface area contributed by atoms with E-state index in [1.165, 1.54) is 85.1 Å². The Kier molecular flexibility index (Phi) is 4.85. The van der Waals surface area contributed by atoms with Gasteiger partial charge in [0.1, 0.15) is 0 Å². The lowest BCUT2D eigenvalue weighted by molar-refractivity contribution is 0.613. The summed E-state index contributed by atoms with van der Waals surface area (Å²) in [5.41, 5.74) is 10.2. The van der Waals surface area contributed by atoms with E-state index in [2.05, 4.69) is 144 Å². The molecule has 4 aliphatic rings. The molecule has 2 aliphatic heterocycles. The van der Waals surface area contributed by atoms with Crippen LogP contribution in [0.1, 0.15) is 39.5 Å². The third-order valence-corrected chi connectivity index (χ3v) is 13.5. The molecule has 0 bridgehead atoms. The molecule has 1 saturated carbocycles. The predicted molar refractivity (Wildman–Crippen MR) is 205 cm³/mol. The number of rotatable bonds is 2. The molecule has 4 heterocycles. The molecule has 5 heteroatoms. The van der Waals surface area contributed by atoms with Crippen molar-refractivity contribution in [2.45, 2.75) is 24.2 Å². The summed E-state index contributed by atoms with van der Waals surface area (Å²) in [4.78, 5) is 9.69. The largest absolute Gasteiger partial charge is 0.345 e. The molecule has 1 N–H and O–H groups in total. The second-order valence-corrected chi connectivity index (χ2v) is 15.7. The van der Waals surface area contributed by atoms with E-state index < -0.39 is 0 Å². The van der Waals surface area contributed by atoms with E-state index in [1.54, 1.807) is 0 Å². The van der Waals surface area contributed by atoms with Crippen LogP contribution in [-0.2, 0) is 0 Å². The topological polar surface area (TPSA) is 27.6 Å². The zero-order chi connectivity index (χ0) is 31.1. The third-order valence-electron chi connectivity index (χ3n) is 11.2. The van der Waals surface area contributed by atoms with Crippen LogP contribution >= 0.6 is 22.7 Å². The van der Waals surface area contributed by atoms with Gasteiger partial charge in [0, 0.05) is 52.7 Å². The van der Waals surface area contributed by atoms with E-state index in [-0.39, 0.29) is 11.8 Å². The molecule has 3 atom stereocenters. The van der Waals surface area contributed by atoms with Crippen LogP contribution in [0.15, 0.2) is 132 Å². The highest BCUT2D eigenvalue weighted by Gasteiger charge is 2.68. The first kappa shape index (κ1) is 25.8. The summed E-state index contributed by atoms with van der Waals surface area (Å²) in [5.74, 6) is 0.425. The van der Waals surface area contributed by atoms with E-state index in [9.17, 15) is 0 Å². The van der Waals surface area contributed by atoms with Crippen LogP contribution in [0.5, 0.6) is 0 Å². The lowest BCUT2D eigenvalue weighted by Crippen LogP contribution is -2.49. The SMILES string of the molecule is C1=C2c3ccc4ccccc4c3N(C3N=C(c4ccc5sc6ccccc6c5c4)c4sc5ccccc5c4N3)C23CC3c2ccccc21. The number of aliphatic imine (C=N–C) groups is 1. The van der Waals surface area contributed by atoms with Gasteiger partial charge in [0.15, 0.2) is 6.29 Å². The summed E-state index contributed by atoms with van der Waals surface area (Å²) in [7, 11) is 0. The predicted octanol–water partition coefficient (Wildman–Crippen LogP) is 11.3. The molecular weight excluding hydrogens is 623 g/mol. The van der Waals surface area contributed by atoms with Crippen molar-refractivity contribution in [1.29, 1.82) is 0 Å². The molecule has 0 amide bonds. The maximum absolute atomic E-state index is 5.78. The fourth-order valence-corrected chi connectivity index (χ4v) is 11.3. The molecule has 3 nitrogen and oxygen atoms in total. The minimum Gasteiger partial charge on any atom is -0.345 e. The number of hydrogen-bond acceptors (Lipinski definition) is 5. The van der Waals surface area contributed by atoms with Gasteiger partial charge in [-0.2, -0.15) is 0 Å². The molecule has 1 fully saturated rings. The Balaban J connectivity index is 1.13. The Morgan fingerprint density at radius 1 is 0.688 bits per heavy atom. The van der Waals surface area contributed by atoms with Gasteiger partial charge in [-0.3, -0.25) is 0 Å². The Morgan fingerprint density at radius 2 is 1.44 bits per heavy atom. The molecule has 8 aromatic rings. The zero-order valence-corrected chi connectivity index (χ0v) is 27.4. The van der Waals surface area contributed by atoms with E-state index in [0.29, 0.717) is 5.92 Å². The van der Waals surface area contributed by atoms with Gasteiger partial charge in [0.2, 0.25) is 0 Å². The Labute approximate surface area is 285 Å². The number of hydrogen-bond donors (Lipinski definition) is 1. The number of anilines is 2. The fraction of sp³-hybridized carbons (Fsp3) is 0.0930. The molecule has 12 rings (SSSR count). The van der Waals surface area contributed by atoms with Gasteiger partial charge in [0.05, 0.1) is 27.5 Å². The molecule has 0 saturated heterocycles. The van der Waals surface area contributed by atoms with Crippen molar-refractivity contribution >= 4 is 92.4 Å². The van der Waals surface area contributed by atoms with Gasteiger partial charge >= 0.3 is 0 Å². The van der Waals surface area contributed by atoms with Crippen LogP contribution in [0.25, 0.3) is 52.7 Å². The molecule has 1 spiro atoms. The molecular formula is C43H27N3S2. The van der Waals surface area contributed by atoms with Gasteiger partial charge in [-0.1, -0.05) is 103 Å². The molecule has 226 valence electrons. The van der Waals surface area contributed by atoms with Crippen molar-refractivity contribution in [3.63, 3.8) is 0 Å². The first-order valence-corrected chi connectivity index (χ1v) is 18.3. The monoisotopic (exact) mass is 649 g/mol. The molecule has 3 unspecified atom stereocenters. The van der Waals surface area contributed by atoms with E-state index in [0.717, 1.165) is 12.1 Å². The lowest BCUT2D eigenvalue weighted by Gasteiger charge is -2.39. The highest BCUT2D eigenvalue weighted by atomic mass is 32.1. The van der Waals surface area contributed by atoms with Gasteiger partial charge in [0.25, 0.3) is 0 Å². The Hall–Kier alpha value is -5.23. The average molecular weight is 650 g/mol. The minimum atomic E-state index is -0.272. The summed E-state index contributed by atoms with van der Waals surface area (Å²) in [6.07, 6.45) is 3.29. The van der Waals surface area contributed by atoms with Crippen LogP contribution in [-0.4, -0.2) is 17.5 Å². The summed E-state index contributed by atoms with van der Waals surface area (Å²) in [6.45, 7) is 0. The normalized spacial score (nSPS) is 21.7. The number of nitrogens with zero attached hydrogens (tertiary/aromatic N) is 2. The van der Waals surface area contributed by atoms with Crippen LogP contribution < -0.4 is 10.2 Å². The van der Waals surface area contributed by atoms with Crippen molar-refractivity contribution in [2.75, 3.05) is 10.2 Å². The van der Waals surface area contributed by atoms with Gasteiger partial charge in [-0.25, -0.2) is 4.99 Å². The third kappa shape index (κ3) is 3.21. The lowest BCUT2D eigenvalue weighted by atomic mass is 9.86. The van der Waals surface area contributed by atoms with Gasteiger partial charge in [-0.05, 0) is 58.8 Å². The van der Waals surface area contributed by atoms with Crippen LogP contribution in [0, 0.1) is 0 Å². The van der Waals surface area contributed by atoms with Gasteiger partial charge < -0.3 is 10.2 Å². The molecule has 0 radical (unpaired) electrons. The highest BCUT2D eigenvalue weighted by Crippen LogP contribution is 2.72. The van der Waals surface area contributed by atoms with Crippen LogP contribution in [0.2, 0.25) is 0 Å². The summed E-state index contributed by atoms with van der Waals surface area (Å²) < 4.78 is 3.93. The number of benzene rings is 6. The molecule has 6 aromatic carbocycles. The van der Waals surface area contributed by atoms with E-state index >= 15 is 0 Å². The first-order valence-electron chi connectivity index (χ1n) is 16.7. The summed E-state index contributed by atoms with van der Waals surface area (Å²) in [6, 6.07) is 47.1. The maximum atomic E-state index is 5.78.